The van der Waals surface area contributed by atoms with Crippen molar-refractivity contribution in [3.63, 3.8) is 0 Å². The van der Waals surface area contributed by atoms with Crippen molar-refractivity contribution in [1.29, 1.82) is 0 Å². The Kier molecular flexibility index (Phi) is 1.72. The predicted octanol–water partition coefficient (Wildman–Crippen LogP) is 3.80. The lowest BCUT2D eigenvalue weighted by molar-refractivity contribution is 0.169. The molecule has 3 aliphatic rings. The summed E-state index contributed by atoms with van der Waals surface area (Å²) in [6.07, 6.45) is 14.2. The summed E-state index contributed by atoms with van der Waals surface area (Å²) in [5, 5.41) is 0. The molecule has 14 heavy (non-hydrogen) atoms. The van der Waals surface area contributed by atoms with Crippen molar-refractivity contribution in [2.45, 2.75) is 33.1 Å². The standard InChI is InChI=1S/C14H20/c1-3-14(4-2)8-7-12-10-5-6-11(9-10)13(12)14/h5-8,10-13H,3-4,9H2,1-2H3/t10-,11-,12-,13-/m0/s1. The van der Waals surface area contributed by atoms with Gasteiger partial charge in [-0.1, -0.05) is 38.2 Å². The minimum atomic E-state index is 0.550. The summed E-state index contributed by atoms with van der Waals surface area (Å²) in [6.45, 7) is 4.73. The van der Waals surface area contributed by atoms with E-state index in [9.17, 15) is 0 Å². The van der Waals surface area contributed by atoms with Gasteiger partial charge in [-0.3, -0.25) is 0 Å². The maximum Gasteiger partial charge on any atom is -0.00837 e. The Morgan fingerprint density at radius 1 is 1.07 bits per heavy atom. The highest BCUT2D eigenvalue weighted by Gasteiger charge is 2.53. The zero-order valence-electron chi connectivity index (χ0n) is 9.24. The number of hydrogen-bond acceptors (Lipinski definition) is 0. The molecular formula is C14H20. The summed E-state index contributed by atoms with van der Waals surface area (Å²) in [5.41, 5.74) is 0.550. The lowest BCUT2D eigenvalue weighted by Crippen LogP contribution is -2.30. The van der Waals surface area contributed by atoms with Crippen molar-refractivity contribution in [2.75, 3.05) is 0 Å². The molecule has 0 aliphatic heterocycles. The van der Waals surface area contributed by atoms with Crippen LogP contribution in [0.5, 0.6) is 0 Å². The Morgan fingerprint density at radius 2 is 1.79 bits per heavy atom. The van der Waals surface area contributed by atoms with Crippen LogP contribution < -0.4 is 0 Å². The second-order valence-corrected chi connectivity index (χ2v) is 5.35. The quantitative estimate of drug-likeness (QED) is 0.578. The average Bonchev–Trinajstić information content (AvgIpc) is 2.90. The third-order valence-electron chi connectivity index (χ3n) is 5.15. The summed E-state index contributed by atoms with van der Waals surface area (Å²) in [5.74, 6) is 3.64. The van der Waals surface area contributed by atoms with E-state index in [4.69, 9.17) is 0 Å². The van der Waals surface area contributed by atoms with Crippen molar-refractivity contribution in [1.82, 2.24) is 0 Å². The molecule has 76 valence electrons. The maximum atomic E-state index is 2.55. The summed E-state index contributed by atoms with van der Waals surface area (Å²) < 4.78 is 0. The van der Waals surface area contributed by atoms with Crippen LogP contribution in [-0.2, 0) is 0 Å². The Hall–Kier alpha value is -0.520. The zero-order valence-corrected chi connectivity index (χ0v) is 9.24. The van der Waals surface area contributed by atoms with Gasteiger partial charge in [0, 0.05) is 0 Å². The van der Waals surface area contributed by atoms with Crippen LogP contribution in [0.15, 0.2) is 24.3 Å². The average molecular weight is 188 g/mol. The van der Waals surface area contributed by atoms with E-state index in [1.54, 1.807) is 0 Å². The fraction of sp³-hybridized carbons (Fsp3) is 0.714. The van der Waals surface area contributed by atoms with Crippen molar-refractivity contribution in [3.8, 4) is 0 Å². The molecule has 0 heteroatoms. The molecule has 0 nitrogen and oxygen atoms in total. The number of hydrogen-bond donors (Lipinski definition) is 0. The predicted molar refractivity (Wildman–Crippen MR) is 59.9 cm³/mol. The van der Waals surface area contributed by atoms with Gasteiger partial charge in [0.1, 0.15) is 0 Å². The molecule has 1 fully saturated rings. The van der Waals surface area contributed by atoms with Gasteiger partial charge >= 0.3 is 0 Å². The fourth-order valence-corrected chi connectivity index (χ4v) is 4.30. The van der Waals surface area contributed by atoms with Crippen molar-refractivity contribution in [2.24, 2.45) is 29.1 Å². The highest BCUT2D eigenvalue weighted by atomic mass is 14.6. The van der Waals surface area contributed by atoms with Crippen LogP contribution in [0.1, 0.15) is 33.1 Å². The fourth-order valence-electron chi connectivity index (χ4n) is 4.30. The maximum absolute atomic E-state index is 2.55. The van der Waals surface area contributed by atoms with E-state index in [-0.39, 0.29) is 0 Å². The molecule has 0 amide bonds. The van der Waals surface area contributed by atoms with Crippen LogP contribution in [0.3, 0.4) is 0 Å². The highest BCUT2D eigenvalue weighted by molar-refractivity contribution is 5.27. The summed E-state index contributed by atoms with van der Waals surface area (Å²) in [4.78, 5) is 0. The van der Waals surface area contributed by atoms with Crippen molar-refractivity contribution >= 4 is 0 Å². The first-order valence-corrected chi connectivity index (χ1v) is 6.18. The van der Waals surface area contributed by atoms with Crippen molar-refractivity contribution < 1.29 is 0 Å². The molecule has 0 saturated heterocycles. The number of allylic oxidation sites excluding steroid dienone is 4. The summed E-state index contributed by atoms with van der Waals surface area (Å²) >= 11 is 0. The van der Waals surface area contributed by atoms with E-state index >= 15 is 0 Å². The molecule has 0 aromatic rings. The van der Waals surface area contributed by atoms with Crippen LogP contribution >= 0.6 is 0 Å². The van der Waals surface area contributed by atoms with Gasteiger partial charge in [-0.2, -0.15) is 0 Å². The molecule has 0 aromatic carbocycles. The van der Waals surface area contributed by atoms with E-state index in [0.717, 1.165) is 23.7 Å². The molecule has 0 unspecified atom stereocenters. The second-order valence-electron chi connectivity index (χ2n) is 5.35. The molecular weight excluding hydrogens is 168 g/mol. The molecule has 1 saturated carbocycles. The Morgan fingerprint density at radius 3 is 2.50 bits per heavy atom. The van der Waals surface area contributed by atoms with Gasteiger partial charge in [-0.15, -0.1) is 0 Å². The van der Waals surface area contributed by atoms with Gasteiger partial charge in [0.25, 0.3) is 0 Å². The second kappa shape index (κ2) is 2.74. The Balaban J connectivity index is 1.99. The number of fused-ring (bicyclic) bond motifs is 5. The van der Waals surface area contributed by atoms with E-state index < -0.39 is 0 Å². The molecule has 3 rings (SSSR count). The minimum absolute atomic E-state index is 0.550. The van der Waals surface area contributed by atoms with Gasteiger partial charge in [-0.05, 0) is 48.3 Å². The topological polar surface area (TPSA) is 0 Å². The van der Waals surface area contributed by atoms with Crippen LogP contribution in [0.25, 0.3) is 0 Å². The molecule has 0 radical (unpaired) electrons. The first-order chi connectivity index (χ1) is 6.80. The summed E-state index contributed by atoms with van der Waals surface area (Å²) in [6, 6.07) is 0. The van der Waals surface area contributed by atoms with Gasteiger partial charge in [0.15, 0.2) is 0 Å². The SMILES string of the molecule is CCC1(CC)C=C[C@@H]2[C@@H]1[C@H]1C=C[C@H]2C1. The Bertz CT molecular complexity index is 293. The molecule has 0 spiro atoms. The first-order valence-electron chi connectivity index (χ1n) is 6.18. The van der Waals surface area contributed by atoms with E-state index in [0.29, 0.717) is 5.41 Å². The molecule has 4 atom stereocenters. The molecule has 0 aromatic heterocycles. The highest BCUT2D eigenvalue weighted by Crippen LogP contribution is 2.61. The van der Waals surface area contributed by atoms with Gasteiger partial charge in [0.05, 0.1) is 0 Å². The minimum Gasteiger partial charge on any atom is -0.0848 e. The van der Waals surface area contributed by atoms with Gasteiger partial charge in [0.2, 0.25) is 0 Å². The molecule has 0 heterocycles. The normalized spacial score (nSPS) is 46.1. The third-order valence-corrected chi connectivity index (χ3v) is 5.15. The lowest BCUT2D eigenvalue weighted by atomic mass is 9.67. The monoisotopic (exact) mass is 188 g/mol. The van der Waals surface area contributed by atoms with Crippen molar-refractivity contribution in [3.05, 3.63) is 24.3 Å². The van der Waals surface area contributed by atoms with Gasteiger partial charge in [-0.25, -0.2) is 0 Å². The van der Waals surface area contributed by atoms with E-state index in [2.05, 4.69) is 38.2 Å². The van der Waals surface area contributed by atoms with Crippen LogP contribution in [-0.4, -0.2) is 0 Å². The summed E-state index contributed by atoms with van der Waals surface area (Å²) in [7, 11) is 0. The molecule has 3 aliphatic carbocycles. The van der Waals surface area contributed by atoms with Crippen LogP contribution in [0, 0.1) is 29.1 Å². The lowest BCUT2D eigenvalue weighted by Gasteiger charge is -2.37. The first kappa shape index (κ1) is 8.76. The van der Waals surface area contributed by atoms with Gasteiger partial charge < -0.3 is 0 Å². The third kappa shape index (κ3) is 0.852. The van der Waals surface area contributed by atoms with E-state index in [1.807, 2.05) is 0 Å². The number of rotatable bonds is 2. The van der Waals surface area contributed by atoms with E-state index in [1.165, 1.54) is 19.3 Å². The van der Waals surface area contributed by atoms with Crippen LogP contribution in [0.2, 0.25) is 0 Å². The molecule has 0 N–H and O–H groups in total. The smallest absolute Gasteiger partial charge is 0.00837 e. The molecule has 2 bridgehead atoms. The Labute approximate surface area is 87.1 Å². The zero-order chi connectivity index (χ0) is 9.76. The van der Waals surface area contributed by atoms with Crippen LogP contribution in [0.4, 0.5) is 0 Å². The largest absolute Gasteiger partial charge is 0.0848 e.